The normalized spacial score (nSPS) is 15.2. The lowest BCUT2D eigenvalue weighted by Gasteiger charge is -2.36. The number of hydrogen-bond acceptors (Lipinski definition) is 4. The summed E-state index contributed by atoms with van der Waals surface area (Å²) in [4.78, 5) is 12.8. The molecule has 5 heteroatoms. The van der Waals surface area contributed by atoms with Gasteiger partial charge in [-0.3, -0.25) is 5.41 Å². The Bertz CT molecular complexity index is 561. The smallest absolute Gasteiger partial charge is 0.225 e. The first-order chi connectivity index (χ1) is 9.84. The number of nitrogens with zero attached hydrogens (tertiary/aromatic N) is 4. The number of hydrogen-bond donors (Lipinski definition) is 1. The molecule has 5 nitrogen and oxygen atoms in total. The zero-order valence-corrected chi connectivity index (χ0v) is 11.2. The van der Waals surface area contributed by atoms with Crippen LogP contribution in [0, 0.1) is 5.41 Å². The predicted molar refractivity (Wildman–Crippen MR) is 79.1 cm³/mol. The lowest BCUT2D eigenvalue weighted by molar-refractivity contribution is 0.382. The minimum atomic E-state index is 0.597. The largest absolute Gasteiger partial charge is 0.353 e. The molecule has 2 aromatic rings. The second kappa shape index (κ2) is 5.69. The lowest BCUT2D eigenvalue weighted by atomic mass is 10.2. The first kappa shape index (κ1) is 12.6. The van der Waals surface area contributed by atoms with Crippen LogP contribution < -0.4 is 4.90 Å². The highest BCUT2D eigenvalue weighted by atomic mass is 15.3. The molecule has 102 valence electrons. The number of anilines is 1. The summed E-state index contributed by atoms with van der Waals surface area (Å²) in [6.45, 7) is 3.34. The van der Waals surface area contributed by atoms with Crippen molar-refractivity contribution >= 4 is 11.8 Å². The summed E-state index contributed by atoms with van der Waals surface area (Å²) in [5, 5.41) is 8.27. The van der Waals surface area contributed by atoms with Gasteiger partial charge in [-0.05, 0) is 6.07 Å². The van der Waals surface area contributed by atoms with E-state index >= 15 is 0 Å². The van der Waals surface area contributed by atoms with Gasteiger partial charge in [0.1, 0.15) is 5.84 Å². The Balaban J connectivity index is 1.63. The molecule has 0 unspecified atom stereocenters. The van der Waals surface area contributed by atoms with Gasteiger partial charge < -0.3 is 9.80 Å². The van der Waals surface area contributed by atoms with Crippen LogP contribution in [0.5, 0.6) is 0 Å². The SMILES string of the molecule is N=C(c1ccccc1)N1CCN(c2ncccn2)CC1. The van der Waals surface area contributed by atoms with Crippen LogP contribution in [0.15, 0.2) is 48.8 Å². The van der Waals surface area contributed by atoms with Gasteiger partial charge in [0.15, 0.2) is 0 Å². The molecular formula is C15H17N5. The van der Waals surface area contributed by atoms with Crippen molar-refractivity contribution in [1.82, 2.24) is 14.9 Å². The van der Waals surface area contributed by atoms with E-state index in [2.05, 4.69) is 19.8 Å². The molecule has 3 rings (SSSR count). The summed E-state index contributed by atoms with van der Waals surface area (Å²) in [7, 11) is 0. The van der Waals surface area contributed by atoms with E-state index in [1.165, 1.54) is 0 Å². The van der Waals surface area contributed by atoms with Crippen LogP contribution in [-0.4, -0.2) is 46.9 Å². The fourth-order valence-corrected chi connectivity index (χ4v) is 2.36. The van der Waals surface area contributed by atoms with Gasteiger partial charge in [0.05, 0.1) is 0 Å². The average molecular weight is 267 g/mol. The summed E-state index contributed by atoms with van der Waals surface area (Å²) in [5.74, 6) is 1.37. The van der Waals surface area contributed by atoms with Crippen molar-refractivity contribution in [3.05, 3.63) is 54.4 Å². The van der Waals surface area contributed by atoms with E-state index in [0.29, 0.717) is 5.84 Å². The summed E-state index contributed by atoms with van der Waals surface area (Å²) in [6, 6.07) is 11.7. The third-order valence-electron chi connectivity index (χ3n) is 3.48. The summed E-state index contributed by atoms with van der Waals surface area (Å²) in [6.07, 6.45) is 3.53. The van der Waals surface area contributed by atoms with Crippen LogP contribution in [0.25, 0.3) is 0 Å². The topological polar surface area (TPSA) is 56.1 Å². The molecule has 0 spiro atoms. The minimum Gasteiger partial charge on any atom is -0.353 e. The first-order valence-corrected chi connectivity index (χ1v) is 6.75. The van der Waals surface area contributed by atoms with E-state index in [4.69, 9.17) is 5.41 Å². The highest BCUT2D eigenvalue weighted by molar-refractivity contribution is 5.96. The number of nitrogens with one attached hydrogen (secondary N) is 1. The Labute approximate surface area is 118 Å². The first-order valence-electron chi connectivity index (χ1n) is 6.75. The van der Waals surface area contributed by atoms with Gasteiger partial charge in [0.2, 0.25) is 5.95 Å². The van der Waals surface area contributed by atoms with E-state index in [9.17, 15) is 0 Å². The molecule has 1 aliphatic rings. The number of piperazine rings is 1. The molecule has 0 saturated carbocycles. The predicted octanol–water partition coefficient (Wildman–Crippen LogP) is 1.62. The molecule has 1 aromatic carbocycles. The van der Waals surface area contributed by atoms with E-state index in [-0.39, 0.29) is 0 Å². The van der Waals surface area contributed by atoms with Crippen LogP contribution in [0.3, 0.4) is 0 Å². The van der Waals surface area contributed by atoms with E-state index < -0.39 is 0 Å². The molecule has 1 aromatic heterocycles. The fourth-order valence-electron chi connectivity index (χ4n) is 2.36. The Kier molecular flexibility index (Phi) is 3.58. The van der Waals surface area contributed by atoms with Gasteiger partial charge in [-0.1, -0.05) is 30.3 Å². The van der Waals surface area contributed by atoms with Crippen molar-refractivity contribution < 1.29 is 0 Å². The zero-order chi connectivity index (χ0) is 13.8. The maximum Gasteiger partial charge on any atom is 0.225 e. The van der Waals surface area contributed by atoms with Gasteiger partial charge in [0.25, 0.3) is 0 Å². The van der Waals surface area contributed by atoms with Gasteiger partial charge in [-0.25, -0.2) is 9.97 Å². The molecule has 2 heterocycles. The summed E-state index contributed by atoms with van der Waals surface area (Å²) < 4.78 is 0. The second-order valence-electron chi connectivity index (χ2n) is 4.74. The molecule has 1 N–H and O–H groups in total. The molecule has 0 atom stereocenters. The summed E-state index contributed by atoms with van der Waals surface area (Å²) >= 11 is 0. The van der Waals surface area contributed by atoms with Crippen LogP contribution in [0.4, 0.5) is 5.95 Å². The molecule has 1 aliphatic heterocycles. The van der Waals surface area contributed by atoms with Crippen LogP contribution >= 0.6 is 0 Å². The van der Waals surface area contributed by atoms with Gasteiger partial charge in [0, 0.05) is 44.1 Å². The average Bonchev–Trinajstić information content (AvgIpc) is 2.56. The maximum atomic E-state index is 8.27. The third kappa shape index (κ3) is 2.61. The minimum absolute atomic E-state index is 0.597. The molecular weight excluding hydrogens is 250 g/mol. The molecule has 0 amide bonds. The molecule has 20 heavy (non-hydrogen) atoms. The van der Waals surface area contributed by atoms with Gasteiger partial charge in [-0.2, -0.15) is 0 Å². The van der Waals surface area contributed by atoms with Crippen molar-refractivity contribution in [1.29, 1.82) is 5.41 Å². The van der Waals surface area contributed by atoms with E-state index in [0.717, 1.165) is 37.7 Å². The lowest BCUT2D eigenvalue weighted by Crippen LogP contribution is -2.49. The highest BCUT2D eigenvalue weighted by Crippen LogP contribution is 2.12. The Morgan fingerprint density at radius 1 is 0.900 bits per heavy atom. The summed E-state index contributed by atoms with van der Waals surface area (Å²) in [5.41, 5.74) is 0.969. The second-order valence-corrected chi connectivity index (χ2v) is 4.74. The molecule has 0 aliphatic carbocycles. The molecule has 1 fully saturated rings. The zero-order valence-electron chi connectivity index (χ0n) is 11.2. The maximum absolute atomic E-state index is 8.27. The fraction of sp³-hybridized carbons (Fsp3) is 0.267. The molecule has 0 radical (unpaired) electrons. The van der Waals surface area contributed by atoms with Gasteiger partial charge >= 0.3 is 0 Å². The third-order valence-corrected chi connectivity index (χ3v) is 3.48. The van der Waals surface area contributed by atoms with Crippen LogP contribution in [-0.2, 0) is 0 Å². The molecule has 1 saturated heterocycles. The van der Waals surface area contributed by atoms with Crippen molar-refractivity contribution in [3.63, 3.8) is 0 Å². The monoisotopic (exact) mass is 267 g/mol. The number of rotatable bonds is 2. The van der Waals surface area contributed by atoms with Crippen LogP contribution in [0.1, 0.15) is 5.56 Å². The standard InChI is InChI=1S/C15H17N5/c16-14(13-5-2-1-3-6-13)19-9-11-20(12-10-19)15-17-7-4-8-18-15/h1-8,16H,9-12H2. The van der Waals surface area contributed by atoms with Gasteiger partial charge in [-0.15, -0.1) is 0 Å². The Hall–Kier alpha value is -2.43. The number of amidine groups is 1. The van der Waals surface area contributed by atoms with E-state index in [1.807, 2.05) is 36.4 Å². The van der Waals surface area contributed by atoms with E-state index in [1.54, 1.807) is 12.4 Å². The number of aromatic nitrogens is 2. The van der Waals surface area contributed by atoms with Crippen LogP contribution in [0.2, 0.25) is 0 Å². The number of benzene rings is 1. The highest BCUT2D eigenvalue weighted by Gasteiger charge is 2.20. The Morgan fingerprint density at radius 3 is 2.20 bits per heavy atom. The van der Waals surface area contributed by atoms with Crippen molar-refractivity contribution in [2.24, 2.45) is 0 Å². The van der Waals surface area contributed by atoms with Crippen molar-refractivity contribution in [3.8, 4) is 0 Å². The van der Waals surface area contributed by atoms with Crippen molar-refractivity contribution in [2.75, 3.05) is 31.1 Å². The quantitative estimate of drug-likeness (QED) is 0.663. The van der Waals surface area contributed by atoms with Crippen molar-refractivity contribution in [2.45, 2.75) is 0 Å². The Morgan fingerprint density at radius 2 is 1.55 bits per heavy atom. The molecule has 0 bridgehead atoms.